The standard InChI is InChI=1S/C15H30ClNO3.C6H7NO2S/c1-2-3-8-15(18)17-10-12-20-14-13-19-11-7-5-4-6-9-16;8-5-3-1-10-2-4(3)6(9)7-5/h2-14H2,1H3,(H,17,18);3-4H,1-2H2,(H,7,8,9). The maximum absolute atomic E-state index is 11.3. The van der Waals surface area contributed by atoms with Crippen molar-refractivity contribution in [3.63, 3.8) is 0 Å². The predicted molar refractivity (Wildman–Crippen MR) is 121 cm³/mol. The predicted octanol–water partition coefficient (Wildman–Crippen LogP) is 2.75. The monoisotopic (exact) mass is 464 g/mol. The number of imide groups is 1. The van der Waals surface area contributed by atoms with Crippen LogP contribution in [0, 0.1) is 11.8 Å². The number of amides is 3. The van der Waals surface area contributed by atoms with E-state index in [9.17, 15) is 14.4 Å². The summed E-state index contributed by atoms with van der Waals surface area (Å²) in [5.74, 6) is 2.34. The van der Waals surface area contributed by atoms with Gasteiger partial charge in [-0.3, -0.25) is 19.7 Å². The number of hydrogen-bond acceptors (Lipinski definition) is 6. The highest BCUT2D eigenvalue weighted by atomic mass is 35.5. The molecule has 174 valence electrons. The third-order valence-corrected chi connectivity index (χ3v) is 6.33. The highest BCUT2D eigenvalue weighted by Crippen LogP contribution is 2.33. The maximum atomic E-state index is 11.3. The fourth-order valence-corrected chi connectivity index (χ4v) is 4.64. The van der Waals surface area contributed by atoms with Crippen molar-refractivity contribution in [1.29, 1.82) is 0 Å². The van der Waals surface area contributed by atoms with Gasteiger partial charge in [-0.25, -0.2) is 0 Å². The summed E-state index contributed by atoms with van der Waals surface area (Å²) in [5.41, 5.74) is 0. The molecule has 2 N–H and O–H groups in total. The van der Waals surface area contributed by atoms with Gasteiger partial charge in [0.15, 0.2) is 0 Å². The molecule has 7 nitrogen and oxygen atoms in total. The molecule has 9 heteroatoms. The van der Waals surface area contributed by atoms with E-state index in [1.807, 2.05) is 0 Å². The van der Waals surface area contributed by atoms with E-state index < -0.39 is 0 Å². The van der Waals surface area contributed by atoms with Crippen molar-refractivity contribution >= 4 is 41.1 Å². The number of carbonyl (C=O) groups is 3. The molecule has 2 unspecified atom stereocenters. The number of halogens is 1. The molecule has 0 saturated carbocycles. The maximum Gasteiger partial charge on any atom is 0.231 e. The largest absolute Gasteiger partial charge is 0.379 e. The van der Waals surface area contributed by atoms with Crippen LogP contribution in [0.25, 0.3) is 0 Å². The minimum atomic E-state index is -0.0694. The first-order valence-corrected chi connectivity index (χ1v) is 12.7. The van der Waals surface area contributed by atoms with E-state index >= 15 is 0 Å². The van der Waals surface area contributed by atoms with Crippen LogP contribution >= 0.6 is 23.4 Å². The Bertz CT molecular complexity index is 490. The van der Waals surface area contributed by atoms with Gasteiger partial charge in [-0.2, -0.15) is 11.8 Å². The van der Waals surface area contributed by atoms with Gasteiger partial charge in [0.25, 0.3) is 0 Å². The zero-order valence-electron chi connectivity index (χ0n) is 18.1. The molecule has 0 radical (unpaired) electrons. The fraction of sp³-hybridized carbons (Fsp3) is 0.857. The van der Waals surface area contributed by atoms with Gasteiger partial charge < -0.3 is 14.8 Å². The van der Waals surface area contributed by atoms with E-state index in [1.54, 1.807) is 11.8 Å². The normalized spacial score (nSPS) is 19.8. The molecule has 0 aliphatic carbocycles. The van der Waals surface area contributed by atoms with E-state index in [4.69, 9.17) is 21.1 Å². The summed E-state index contributed by atoms with van der Waals surface area (Å²) in [4.78, 5) is 33.1. The van der Waals surface area contributed by atoms with Crippen molar-refractivity contribution in [2.24, 2.45) is 11.8 Å². The van der Waals surface area contributed by atoms with Crippen LogP contribution < -0.4 is 10.6 Å². The van der Waals surface area contributed by atoms with Gasteiger partial charge in [-0.1, -0.05) is 26.2 Å². The van der Waals surface area contributed by atoms with Crippen molar-refractivity contribution < 1.29 is 23.9 Å². The van der Waals surface area contributed by atoms with Crippen LogP contribution in [-0.2, 0) is 23.9 Å². The van der Waals surface area contributed by atoms with E-state index in [0.29, 0.717) is 32.8 Å². The SMILES string of the molecule is CCCCC(=O)NCCOCCOCCCCCCCl.O=C1NC(=O)C2CSCC12. The summed E-state index contributed by atoms with van der Waals surface area (Å²) in [6.07, 6.45) is 7.15. The Morgan fingerprint density at radius 1 is 1.00 bits per heavy atom. The van der Waals surface area contributed by atoms with Gasteiger partial charge in [0.2, 0.25) is 17.7 Å². The van der Waals surface area contributed by atoms with E-state index in [-0.39, 0.29) is 29.6 Å². The van der Waals surface area contributed by atoms with Gasteiger partial charge in [0.05, 0.1) is 31.7 Å². The summed E-state index contributed by atoms with van der Waals surface area (Å²) in [5, 5.41) is 5.16. The Morgan fingerprint density at radius 2 is 1.63 bits per heavy atom. The van der Waals surface area contributed by atoms with Gasteiger partial charge in [-0.15, -0.1) is 11.6 Å². The summed E-state index contributed by atoms with van der Waals surface area (Å²) in [6, 6.07) is 0. The average molecular weight is 465 g/mol. The number of nitrogens with one attached hydrogen (secondary N) is 2. The van der Waals surface area contributed by atoms with Crippen molar-refractivity contribution in [1.82, 2.24) is 10.6 Å². The number of hydrogen-bond donors (Lipinski definition) is 2. The molecule has 2 aliphatic rings. The van der Waals surface area contributed by atoms with Crippen LogP contribution in [0.15, 0.2) is 0 Å². The van der Waals surface area contributed by atoms with Crippen LogP contribution in [0.5, 0.6) is 0 Å². The van der Waals surface area contributed by atoms with Crippen LogP contribution in [0.4, 0.5) is 0 Å². The highest BCUT2D eigenvalue weighted by molar-refractivity contribution is 7.99. The minimum absolute atomic E-state index is 0.0162. The lowest BCUT2D eigenvalue weighted by molar-refractivity contribution is -0.126. The zero-order chi connectivity index (χ0) is 22.0. The third kappa shape index (κ3) is 12.1. The Labute approximate surface area is 189 Å². The molecule has 0 aromatic heterocycles. The van der Waals surface area contributed by atoms with Crippen LogP contribution in [0.1, 0.15) is 51.9 Å². The number of thioether (sulfide) groups is 1. The minimum Gasteiger partial charge on any atom is -0.379 e. The first-order valence-electron chi connectivity index (χ1n) is 11.0. The van der Waals surface area contributed by atoms with E-state index in [0.717, 1.165) is 49.7 Å². The molecule has 0 aromatic carbocycles. The quantitative estimate of drug-likeness (QED) is 0.220. The van der Waals surface area contributed by atoms with Gasteiger partial charge in [0.1, 0.15) is 0 Å². The molecular weight excluding hydrogens is 428 g/mol. The molecule has 0 aromatic rings. The molecule has 2 saturated heterocycles. The molecule has 2 rings (SSSR count). The number of alkyl halides is 1. The average Bonchev–Trinajstić information content (AvgIpc) is 3.33. The van der Waals surface area contributed by atoms with Crippen molar-refractivity contribution in [3.05, 3.63) is 0 Å². The summed E-state index contributed by atoms with van der Waals surface area (Å²) in [7, 11) is 0. The molecular formula is C21H37ClN2O5S. The fourth-order valence-electron chi connectivity index (χ4n) is 3.04. The van der Waals surface area contributed by atoms with E-state index in [1.165, 1.54) is 12.8 Å². The highest BCUT2D eigenvalue weighted by Gasteiger charge is 2.44. The Hall–Kier alpha value is -0.830. The van der Waals surface area contributed by atoms with Crippen LogP contribution in [-0.4, -0.2) is 68.1 Å². The summed E-state index contributed by atoms with van der Waals surface area (Å²) in [6.45, 7) is 5.22. The summed E-state index contributed by atoms with van der Waals surface area (Å²) >= 11 is 7.29. The summed E-state index contributed by atoms with van der Waals surface area (Å²) < 4.78 is 10.8. The van der Waals surface area contributed by atoms with Crippen LogP contribution in [0.3, 0.4) is 0 Å². The Kier molecular flexibility index (Phi) is 16.2. The zero-order valence-corrected chi connectivity index (χ0v) is 19.7. The van der Waals surface area contributed by atoms with Gasteiger partial charge >= 0.3 is 0 Å². The number of carbonyl (C=O) groups excluding carboxylic acids is 3. The van der Waals surface area contributed by atoms with Gasteiger partial charge in [0, 0.05) is 37.0 Å². The lowest BCUT2D eigenvalue weighted by atomic mass is 10.00. The second kappa shape index (κ2) is 17.8. The Morgan fingerprint density at radius 3 is 2.27 bits per heavy atom. The smallest absolute Gasteiger partial charge is 0.231 e. The molecule has 0 bridgehead atoms. The molecule has 30 heavy (non-hydrogen) atoms. The second-order valence-corrected chi connectivity index (χ2v) is 8.84. The second-order valence-electron chi connectivity index (χ2n) is 7.39. The molecule has 3 amide bonds. The first kappa shape index (κ1) is 27.2. The molecule has 2 fully saturated rings. The molecule has 2 heterocycles. The lowest BCUT2D eigenvalue weighted by Gasteiger charge is -2.07. The Balaban J connectivity index is 0.000000367. The third-order valence-electron chi connectivity index (χ3n) is 4.87. The van der Waals surface area contributed by atoms with Crippen molar-refractivity contribution in [2.75, 3.05) is 50.4 Å². The number of rotatable bonds is 15. The van der Waals surface area contributed by atoms with Crippen molar-refractivity contribution in [2.45, 2.75) is 51.9 Å². The number of unbranched alkanes of at least 4 members (excludes halogenated alkanes) is 4. The van der Waals surface area contributed by atoms with E-state index in [2.05, 4.69) is 17.6 Å². The molecule has 2 aliphatic heterocycles. The first-order chi connectivity index (χ1) is 14.6. The number of fused-ring (bicyclic) bond motifs is 1. The lowest BCUT2D eigenvalue weighted by Crippen LogP contribution is -2.27. The molecule has 2 atom stereocenters. The number of ether oxygens (including phenoxy) is 2. The van der Waals surface area contributed by atoms with Gasteiger partial charge in [-0.05, 0) is 19.3 Å². The van der Waals surface area contributed by atoms with Crippen LogP contribution in [0.2, 0.25) is 0 Å². The van der Waals surface area contributed by atoms with Crippen molar-refractivity contribution in [3.8, 4) is 0 Å². The molecule has 0 spiro atoms. The topological polar surface area (TPSA) is 93.7 Å².